The predicted molar refractivity (Wildman–Crippen MR) is 132 cm³/mol. The standard InChI is InChI=1S/C26H28N6O3/c1-16-9-10-17(2)20(12-16)15-32-24-22(29-30-32)25(33)28-23(27-24)19-7-5-11-31(14-19)26(34)18-6-4-8-21(13-18)35-3/h4,6,8-10,12-13,19H,5,7,11,14-15H2,1-3H3,(H,27,28,33). The van der Waals surface area contributed by atoms with Crippen molar-refractivity contribution in [3.63, 3.8) is 0 Å². The molecule has 0 bridgehead atoms. The van der Waals surface area contributed by atoms with Gasteiger partial charge in [-0.3, -0.25) is 9.59 Å². The summed E-state index contributed by atoms with van der Waals surface area (Å²) in [7, 11) is 1.58. The average Bonchev–Trinajstić information content (AvgIpc) is 3.29. The van der Waals surface area contributed by atoms with Gasteiger partial charge in [-0.05, 0) is 56.0 Å². The number of amides is 1. The highest BCUT2D eigenvalue weighted by atomic mass is 16.5. The smallest absolute Gasteiger partial charge is 0.281 e. The van der Waals surface area contributed by atoms with Crippen molar-refractivity contribution in [2.75, 3.05) is 20.2 Å². The number of piperidine rings is 1. The van der Waals surface area contributed by atoms with Gasteiger partial charge >= 0.3 is 0 Å². The van der Waals surface area contributed by atoms with E-state index in [0.29, 0.717) is 42.4 Å². The molecule has 1 N–H and O–H groups in total. The van der Waals surface area contributed by atoms with E-state index in [0.717, 1.165) is 29.5 Å². The molecular formula is C26H28N6O3. The number of likely N-dealkylation sites (tertiary alicyclic amines) is 1. The maximum atomic E-state index is 13.2. The molecule has 0 aliphatic carbocycles. The first-order valence-corrected chi connectivity index (χ1v) is 11.8. The first-order chi connectivity index (χ1) is 16.9. The van der Waals surface area contributed by atoms with Crippen LogP contribution < -0.4 is 10.3 Å². The summed E-state index contributed by atoms with van der Waals surface area (Å²) < 4.78 is 6.94. The van der Waals surface area contributed by atoms with E-state index < -0.39 is 0 Å². The van der Waals surface area contributed by atoms with Crippen LogP contribution in [0.15, 0.2) is 47.3 Å². The van der Waals surface area contributed by atoms with Crippen molar-refractivity contribution < 1.29 is 9.53 Å². The lowest BCUT2D eigenvalue weighted by Gasteiger charge is -2.32. The summed E-state index contributed by atoms with van der Waals surface area (Å²) in [6, 6.07) is 13.4. The zero-order valence-corrected chi connectivity index (χ0v) is 20.1. The highest BCUT2D eigenvalue weighted by Crippen LogP contribution is 2.26. The molecule has 0 spiro atoms. The van der Waals surface area contributed by atoms with Crippen LogP contribution in [0.2, 0.25) is 0 Å². The Kier molecular flexibility index (Phi) is 6.07. The van der Waals surface area contributed by atoms with E-state index >= 15 is 0 Å². The number of methoxy groups -OCH3 is 1. The summed E-state index contributed by atoms with van der Waals surface area (Å²) in [5.74, 6) is 1.07. The minimum absolute atomic E-state index is 0.0568. The molecule has 3 heterocycles. The third-order valence-corrected chi connectivity index (χ3v) is 6.63. The van der Waals surface area contributed by atoms with E-state index in [9.17, 15) is 9.59 Å². The first kappa shape index (κ1) is 22.8. The number of benzene rings is 2. The van der Waals surface area contributed by atoms with E-state index in [1.807, 2.05) is 24.0 Å². The molecule has 35 heavy (non-hydrogen) atoms. The minimum atomic E-state index is -0.312. The molecule has 1 aliphatic rings. The minimum Gasteiger partial charge on any atom is -0.497 e. The maximum absolute atomic E-state index is 13.2. The number of carbonyl (C=O) groups excluding carboxylic acids is 1. The van der Waals surface area contributed by atoms with Gasteiger partial charge < -0.3 is 14.6 Å². The number of nitrogens with zero attached hydrogens (tertiary/aromatic N) is 5. The number of aromatic amines is 1. The van der Waals surface area contributed by atoms with Crippen molar-refractivity contribution in [3.05, 3.63) is 80.9 Å². The van der Waals surface area contributed by atoms with Crippen molar-refractivity contribution in [2.45, 2.75) is 39.2 Å². The van der Waals surface area contributed by atoms with Gasteiger partial charge in [-0.25, -0.2) is 9.67 Å². The van der Waals surface area contributed by atoms with Gasteiger partial charge in [-0.1, -0.05) is 35.0 Å². The Morgan fingerprint density at radius 2 is 2.06 bits per heavy atom. The maximum Gasteiger partial charge on any atom is 0.281 e. The zero-order chi connectivity index (χ0) is 24.5. The van der Waals surface area contributed by atoms with Crippen molar-refractivity contribution >= 4 is 17.1 Å². The fourth-order valence-electron chi connectivity index (χ4n) is 4.64. The van der Waals surface area contributed by atoms with E-state index in [1.165, 1.54) is 0 Å². The highest BCUT2D eigenvalue weighted by Gasteiger charge is 2.28. The molecule has 1 unspecified atom stereocenters. The quantitative estimate of drug-likeness (QED) is 0.478. The molecule has 1 saturated heterocycles. The van der Waals surface area contributed by atoms with Crippen LogP contribution in [-0.4, -0.2) is 56.0 Å². The summed E-state index contributed by atoms with van der Waals surface area (Å²) in [5, 5.41) is 8.30. The molecule has 1 atom stereocenters. The lowest BCUT2D eigenvalue weighted by atomic mass is 9.96. The van der Waals surface area contributed by atoms with Gasteiger partial charge in [-0.2, -0.15) is 0 Å². The molecule has 2 aromatic heterocycles. The number of aromatic nitrogens is 5. The molecule has 4 aromatic rings. The van der Waals surface area contributed by atoms with Crippen molar-refractivity contribution in [1.29, 1.82) is 0 Å². The number of hydrogen-bond acceptors (Lipinski definition) is 6. The molecule has 0 saturated carbocycles. The normalized spacial score (nSPS) is 16.0. The fraction of sp³-hybridized carbons (Fsp3) is 0.346. The van der Waals surface area contributed by atoms with E-state index in [-0.39, 0.29) is 22.9 Å². The van der Waals surface area contributed by atoms with Gasteiger partial charge in [0.1, 0.15) is 11.6 Å². The molecular weight excluding hydrogens is 444 g/mol. The number of hydrogen-bond donors (Lipinski definition) is 1. The van der Waals surface area contributed by atoms with Crippen LogP contribution in [0.4, 0.5) is 0 Å². The van der Waals surface area contributed by atoms with Gasteiger partial charge in [0.05, 0.1) is 13.7 Å². The van der Waals surface area contributed by atoms with Gasteiger partial charge in [0.25, 0.3) is 11.5 Å². The zero-order valence-electron chi connectivity index (χ0n) is 20.1. The largest absolute Gasteiger partial charge is 0.497 e. The van der Waals surface area contributed by atoms with Crippen LogP contribution >= 0.6 is 0 Å². The Bertz CT molecular complexity index is 1460. The predicted octanol–water partition coefficient (Wildman–Crippen LogP) is 3.21. The Hall–Kier alpha value is -4.01. The molecule has 1 amide bonds. The second kappa shape index (κ2) is 9.32. The monoisotopic (exact) mass is 472 g/mol. The SMILES string of the molecule is COc1cccc(C(=O)N2CCCC(c3nc4c(nnn4Cc4cc(C)ccc4C)c(=O)[nH]3)C2)c1. The molecule has 9 nitrogen and oxygen atoms in total. The van der Waals surface area contributed by atoms with Crippen LogP contribution in [0.5, 0.6) is 5.75 Å². The fourth-order valence-corrected chi connectivity index (χ4v) is 4.64. The number of H-pyrrole nitrogens is 1. The average molecular weight is 473 g/mol. The number of aryl methyl sites for hydroxylation is 2. The summed E-state index contributed by atoms with van der Waals surface area (Å²) >= 11 is 0. The van der Waals surface area contributed by atoms with Crippen LogP contribution in [0.25, 0.3) is 11.2 Å². The van der Waals surface area contributed by atoms with Crippen molar-refractivity contribution in [3.8, 4) is 5.75 Å². The van der Waals surface area contributed by atoms with Crippen LogP contribution in [0.1, 0.15) is 51.6 Å². The molecule has 0 radical (unpaired) electrons. The van der Waals surface area contributed by atoms with Gasteiger partial charge in [0, 0.05) is 24.6 Å². The summed E-state index contributed by atoms with van der Waals surface area (Å²) in [4.78, 5) is 35.5. The highest BCUT2D eigenvalue weighted by molar-refractivity contribution is 5.94. The Labute approximate surface area is 202 Å². The summed E-state index contributed by atoms with van der Waals surface area (Å²) in [6.45, 7) is 5.71. The Balaban J connectivity index is 1.43. The molecule has 2 aromatic carbocycles. The summed E-state index contributed by atoms with van der Waals surface area (Å²) in [6.07, 6.45) is 1.65. The second-order valence-electron chi connectivity index (χ2n) is 9.12. The molecule has 1 aliphatic heterocycles. The molecule has 9 heteroatoms. The van der Waals surface area contributed by atoms with E-state index in [1.54, 1.807) is 23.9 Å². The van der Waals surface area contributed by atoms with Gasteiger partial charge in [-0.15, -0.1) is 5.10 Å². The first-order valence-electron chi connectivity index (χ1n) is 11.8. The topological polar surface area (TPSA) is 106 Å². The van der Waals surface area contributed by atoms with Gasteiger partial charge in [0.15, 0.2) is 11.2 Å². The number of rotatable bonds is 5. The van der Waals surface area contributed by atoms with E-state index in [2.05, 4.69) is 40.4 Å². The number of nitrogens with one attached hydrogen (secondary N) is 1. The number of fused-ring (bicyclic) bond motifs is 1. The van der Waals surface area contributed by atoms with Crippen LogP contribution in [0.3, 0.4) is 0 Å². The van der Waals surface area contributed by atoms with Crippen LogP contribution in [-0.2, 0) is 6.54 Å². The van der Waals surface area contributed by atoms with Gasteiger partial charge in [0.2, 0.25) is 0 Å². The second-order valence-corrected chi connectivity index (χ2v) is 9.12. The number of ether oxygens (including phenoxy) is 1. The van der Waals surface area contributed by atoms with Crippen molar-refractivity contribution in [2.24, 2.45) is 0 Å². The lowest BCUT2D eigenvalue weighted by molar-refractivity contribution is 0.0704. The molecule has 5 rings (SSSR count). The van der Waals surface area contributed by atoms with E-state index in [4.69, 9.17) is 9.72 Å². The van der Waals surface area contributed by atoms with Crippen LogP contribution in [0, 0.1) is 13.8 Å². The lowest BCUT2D eigenvalue weighted by Crippen LogP contribution is -2.40. The van der Waals surface area contributed by atoms with Crippen molar-refractivity contribution in [1.82, 2.24) is 29.9 Å². The Morgan fingerprint density at radius 3 is 2.89 bits per heavy atom. The third kappa shape index (κ3) is 4.53. The number of carbonyl (C=O) groups is 1. The molecule has 180 valence electrons. The Morgan fingerprint density at radius 1 is 1.20 bits per heavy atom. The molecule has 1 fully saturated rings. The summed E-state index contributed by atoms with van der Waals surface area (Å²) in [5.41, 5.74) is 4.35. The third-order valence-electron chi connectivity index (χ3n) is 6.63.